The topological polar surface area (TPSA) is 19.6 Å². The molecule has 310 valence electrons. The lowest BCUT2D eigenvalue weighted by Crippen LogP contribution is -2.64. The van der Waals surface area contributed by atoms with E-state index in [1.54, 1.807) is 0 Å². The molecule has 0 saturated carbocycles. The van der Waals surface area contributed by atoms with Gasteiger partial charge in [0.2, 0.25) is 0 Å². The highest BCUT2D eigenvalue weighted by atomic mass is 16.3. The van der Waals surface area contributed by atoms with Gasteiger partial charge in [0.05, 0.1) is 16.8 Å². The van der Waals surface area contributed by atoms with Crippen molar-refractivity contribution in [3.8, 4) is 33.4 Å². The predicted molar refractivity (Wildman–Crippen MR) is 276 cm³/mol. The molecule has 16 rings (SSSR count). The van der Waals surface area contributed by atoms with Crippen LogP contribution >= 0.6 is 0 Å². The van der Waals surface area contributed by atoms with E-state index in [2.05, 4.69) is 235 Å². The van der Waals surface area contributed by atoms with Gasteiger partial charge in [0.25, 0.3) is 0 Å². The van der Waals surface area contributed by atoms with E-state index in [4.69, 9.17) is 4.42 Å². The molecule has 4 aliphatic heterocycles. The van der Waals surface area contributed by atoms with E-state index in [1.807, 2.05) is 0 Å². The Labute approximate surface area is 388 Å². The number of hydrogen-bond acceptors (Lipinski definition) is 3. The summed E-state index contributed by atoms with van der Waals surface area (Å²) >= 11 is 0. The third kappa shape index (κ3) is 4.14. The SMILES string of the molecule is CC12c3ccccc3-c3cccc(c31)N1B3c4cccc5c4N(c4ccccc4C5(c4ccccc4)c4ccccc4)c4c3c(cc3c4oc4ccccc43)-c3ccc(-c4ccccc4)c2c31. The molecule has 1 aromatic heterocycles. The molecule has 0 amide bonds. The predicted octanol–water partition coefficient (Wildman–Crippen LogP) is 14.3. The summed E-state index contributed by atoms with van der Waals surface area (Å²) in [5.74, 6) is 0. The third-order valence-corrected chi connectivity index (χ3v) is 16.2. The highest BCUT2D eigenvalue weighted by Crippen LogP contribution is 2.67. The van der Waals surface area contributed by atoms with E-state index in [0.717, 1.165) is 33.3 Å². The Balaban J connectivity index is 1.13. The van der Waals surface area contributed by atoms with Crippen molar-refractivity contribution in [2.24, 2.45) is 0 Å². The van der Waals surface area contributed by atoms with Crippen molar-refractivity contribution in [1.82, 2.24) is 0 Å². The van der Waals surface area contributed by atoms with Crippen molar-refractivity contribution in [1.29, 1.82) is 0 Å². The molecule has 4 heteroatoms. The van der Waals surface area contributed by atoms with E-state index in [9.17, 15) is 0 Å². The molecule has 0 saturated heterocycles. The van der Waals surface area contributed by atoms with Gasteiger partial charge in [-0.1, -0.05) is 194 Å². The number of fused-ring (bicyclic) bond motifs is 15. The number of furan rings is 1. The minimum atomic E-state index is -0.628. The number of hydrogen-bond donors (Lipinski definition) is 0. The first kappa shape index (κ1) is 35.9. The Morgan fingerprint density at radius 3 is 1.87 bits per heavy atom. The number of nitrogens with zero attached hydrogens (tertiary/aromatic N) is 2. The summed E-state index contributed by atoms with van der Waals surface area (Å²) in [7, 11) is 0. The smallest absolute Gasteiger partial charge is 0.333 e. The van der Waals surface area contributed by atoms with E-state index >= 15 is 0 Å². The van der Waals surface area contributed by atoms with E-state index in [-0.39, 0.29) is 6.85 Å². The quantitative estimate of drug-likeness (QED) is 0.165. The van der Waals surface area contributed by atoms with Gasteiger partial charge in [-0.3, -0.25) is 0 Å². The summed E-state index contributed by atoms with van der Waals surface area (Å²) in [6.07, 6.45) is 0. The number of anilines is 5. The molecule has 1 atom stereocenters. The molecule has 1 unspecified atom stereocenters. The van der Waals surface area contributed by atoms with E-state index in [1.165, 1.54) is 100 Å². The van der Waals surface area contributed by atoms with Crippen LogP contribution in [-0.2, 0) is 10.8 Å². The Hall–Kier alpha value is -8.34. The standard InChI is InChI=1S/C63H39BN2O/c1-62-48-28-13-11-25-42(48)44-27-17-33-53(55(44)62)66-58-45(36-35-41(56(58)62)38-19-5-2-6-20-38)46-37-47-43-26-12-16-34-54(43)67-61(47)60-57(46)64(66)51-31-18-30-50-59(51)65(60)52-32-15-14-29-49(52)63(50,39-21-7-3-8-22-39)40-23-9-4-10-24-40/h2-37H,1H3. The van der Waals surface area contributed by atoms with Crippen LogP contribution in [0.25, 0.3) is 55.3 Å². The highest BCUT2D eigenvalue weighted by Gasteiger charge is 2.58. The lowest BCUT2D eigenvalue weighted by atomic mass is 9.41. The normalized spacial score (nSPS) is 16.8. The van der Waals surface area contributed by atoms with Crippen LogP contribution in [0.3, 0.4) is 0 Å². The lowest BCUT2D eigenvalue weighted by molar-refractivity contribution is 0.668. The van der Waals surface area contributed by atoms with Crippen LogP contribution in [0, 0.1) is 0 Å². The maximum absolute atomic E-state index is 7.26. The average Bonchev–Trinajstić information content (AvgIpc) is 3.90. The van der Waals surface area contributed by atoms with Gasteiger partial charge >= 0.3 is 6.85 Å². The second kappa shape index (κ2) is 12.5. The third-order valence-electron chi connectivity index (χ3n) is 16.2. The molecule has 3 nitrogen and oxygen atoms in total. The summed E-state index contributed by atoms with van der Waals surface area (Å²) in [6.45, 7) is 2.31. The van der Waals surface area contributed by atoms with Crippen molar-refractivity contribution in [3.05, 3.63) is 257 Å². The molecule has 0 N–H and O–H groups in total. The molecule has 5 aliphatic rings. The zero-order chi connectivity index (χ0) is 43.8. The first-order valence-corrected chi connectivity index (χ1v) is 23.6. The van der Waals surface area contributed by atoms with Crippen LogP contribution in [0.2, 0.25) is 0 Å². The fraction of sp³-hybridized carbons (Fsp3) is 0.0476. The summed E-state index contributed by atoms with van der Waals surface area (Å²) in [5, 5.41) is 2.26. The van der Waals surface area contributed by atoms with Crippen molar-refractivity contribution in [3.63, 3.8) is 0 Å². The van der Waals surface area contributed by atoms with Gasteiger partial charge in [-0.05, 0) is 109 Å². The molecule has 67 heavy (non-hydrogen) atoms. The fourth-order valence-corrected chi connectivity index (χ4v) is 13.8. The monoisotopic (exact) mass is 850 g/mol. The fourth-order valence-electron chi connectivity index (χ4n) is 13.8. The van der Waals surface area contributed by atoms with Crippen molar-refractivity contribution >= 4 is 68.1 Å². The van der Waals surface area contributed by atoms with Crippen molar-refractivity contribution in [2.45, 2.75) is 17.8 Å². The molecule has 0 bridgehead atoms. The van der Waals surface area contributed by atoms with Crippen LogP contribution in [0.5, 0.6) is 0 Å². The van der Waals surface area contributed by atoms with Gasteiger partial charge in [0.15, 0.2) is 5.58 Å². The maximum atomic E-state index is 7.26. The molecular weight excluding hydrogens is 812 g/mol. The van der Waals surface area contributed by atoms with Gasteiger partial charge in [-0.25, -0.2) is 0 Å². The molecule has 0 radical (unpaired) electrons. The summed E-state index contributed by atoms with van der Waals surface area (Å²) in [4.78, 5) is 5.37. The maximum Gasteiger partial charge on any atom is 0.333 e. The molecular formula is C63H39BN2O. The second-order valence-electron chi connectivity index (χ2n) is 19.1. The number of para-hydroxylation sites is 3. The zero-order valence-corrected chi connectivity index (χ0v) is 36.7. The Kier molecular flexibility index (Phi) is 6.71. The zero-order valence-electron chi connectivity index (χ0n) is 36.7. The van der Waals surface area contributed by atoms with Gasteiger partial charge in [0.1, 0.15) is 5.58 Å². The Morgan fingerprint density at radius 2 is 1.06 bits per heavy atom. The van der Waals surface area contributed by atoms with Crippen molar-refractivity contribution < 1.29 is 4.42 Å². The number of rotatable bonds is 3. The second-order valence-corrected chi connectivity index (χ2v) is 19.1. The van der Waals surface area contributed by atoms with Crippen LogP contribution < -0.4 is 20.6 Å². The molecule has 5 heterocycles. The first-order valence-electron chi connectivity index (χ1n) is 23.6. The molecule has 10 aromatic carbocycles. The molecule has 11 aromatic rings. The van der Waals surface area contributed by atoms with Crippen LogP contribution in [0.1, 0.15) is 45.9 Å². The van der Waals surface area contributed by atoms with E-state index < -0.39 is 10.8 Å². The summed E-state index contributed by atoms with van der Waals surface area (Å²) in [6, 6.07) is 82.0. The molecule has 0 fully saturated rings. The van der Waals surface area contributed by atoms with Gasteiger partial charge in [-0.15, -0.1) is 0 Å². The van der Waals surface area contributed by atoms with Gasteiger partial charge in [-0.2, -0.15) is 0 Å². The van der Waals surface area contributed by atoms with Crippen molar-refractivity contribution in [2.75, 3.05) is 9.71 Å². The number of benzene rings is 10. The molecule has 0 spiro atoms. The minimum absolute atomic E-state index is 0.194. The largest absolute Gasteiger partial charge is 0.454 e. The first-order chi connectivity index (χ1) is 33.2. The Bertz CT molecular complexity index is 3930. The lowest BCUT2D eigenvalue weighted by Gasteiger charge is -2.54. The van der Waals surface area contributed by atoms with Crippen LogP contribution in [0.15, 0.2) is 223 Å². The average molecular weight is 851 g/mol. The highest BCUT2D eigenvalue weighted by molar-refractivity contribution is 6.94. The van der Waals surface area contributed by atoms with Crippen LogP contribution in [0.4, 0.5) is 28.4 Å². The van der Waals surface area contributed by atoms with Gasteiger partial charge < -0.3 is 14.1 Å². The summed E-state index contributed by atoms with van der Waals surface area (Å²) < 4.78 is 7.26. The van der Waals surface area contributed by atoms with Gasteiger partial charge in [0, 0.05) is 38.8 Å². The van der Waals surface area contributed by atoms with E-state index in [0.29, 0.717) is 0 Å². The summed E-state index contributed by atoms with van der Waals surface area (Å²) in [5.41, 5.74) is 26.2. The Morgan fingerprint density at radius 1 is 0.433 bits per heavy atom. The minimum Gasteiger partial charge on any atom is -0.454 e. The molecule has 1 aliphatic carbocycles. The van der Waals surface area contributed by atoms with Crippen LogP contribution in [-0.4, -0.2) is 6.85 Å².